The molecule has 2 heterocycles. The van der Waals surface area contributed by atoms with E-state index in [-0.39, 0.29) is 11.7 Å². The predicted molar refractivity (Wildman–Crippen MR) is 91.3 cm³/mol. The van der Waals surface area contributed by atoms with Crippen LogP contribution in [0.2, 0.25) is 0 Å². The number of nitrogens with zero attached hydrogens (tertiary/aromatic N) is 3. The first-order valence-corrected chi connectivity index (χ1v) is 8.26. The van der Waals surface area contributed by atoms with Gasteiger partial charge in [-0.15, -0.1) is 0 Å². The van der Waals surface area contributed by atoms with Crippen LogP contribution in [0.25, 0.3) is 22.2 Å². The second-order valence-corrected chi connectivity index (χ2v) is 6.46. The Balaban J connectivity index is 1.74. The summed E-state index contributed by atoms with van der Waals surface area (Å²) in [5.41, 5.74) is 2.84. The molecule has 1 atom stereocenters. The maximum Gasteiger partial charge on any atom is 0.418 e. The first-order chi connectivity index (χ1) is 12.9. The Bertz CT molecular complexity index is 967. The molecule has 1 saturated heterocycles. The minimum atomic E-state index is -4.73. The van der Waals surface area contributed by atoms with Crippen LogP contribution in [0, 0.1) is 0 Å². The Hall–Kier alpha value is -2.65. The number of aliphatic hydroxyl groups excluding tert-OH is 1. The van der Waals surface area contributed by atoms with E-state index in [4.69, 9.17) is 9.37 Å². The number of aromatic nitrogens is 2. The number of halogens is 3. The highest BCUT2D eigenvalue weighted by molar-refractivity contribution is 5.93. The third-order valence-corrected chi connectivity index (χ3v) is 4.71. The van der Waals surface area contributed by atoms with Crippen molar-refractivity contribution >= 4 is 16.7 Å². The lowest BCUT2D eigenvalue weighted by Gasteiger charge is -2.40. The van der Waals surface area contributed by atoms with Crippen LogP contribution in [0.3, 0.4) is 0 Å². The van der Waals surface area contributed by atoms with Crippen molar-refractivity contribution in [3.05, 3.63) is 42.0 Å². The zero-order chi connectivity index (χ0) is 19.2. The molecule has 4 rings (SSSR count). The summed E-state index contributed by atoms with van der Waals surface area (Å²) in [7, 11) is 1.64. The average Bonchev–Trinajstić information content (AvgIpc) is 3.08. The molecule has 0 saturated carbocycles. The van der Waals surface area contributed by atoms with Gasteiger partial charge in [0.05, 0.1) is 11.8 Å². The van der Waals surface area contributed by atoms with Crippen molar-refractivity contribution < 1.29 is 27.6 Å². The molecule has 2 aromatic carbocycles. The molecule has 1 fully saturated rings. The van der Waals surface area contributed by atoms with Crippen molar-refractivity contribution in [1.82, 2.24) is 10.3 Å². The van der Waals surface area contributed by atoms with Gasteiger partial charge in [0.1, 0.15) is 5.52 Å². The molecule has 9 heteroatoms. The number of fused-ring (bicyclic) bond motifs is 1. The predicted octanol–water partition coefficient (Wildman–Crippen LogP) is 3.32. The van der Waals surface area contributed by atoms with Crippen LogP contribution in [0.1, 0.15) is 11.7 Å². The molecule has 1 aromatic heterocycles. The summed E-state index contributed by atoms with van der Waals surface area (Å²) in [5.74, 6) is 0. The molecule has 1 N–H and O–H groups in total. The molecule has 1 unspecified atom stereocenters. The van der Waals surface area contributed by atoms with Gasteiger partial charge in [0.25, 0.3) is 0 Å². The summed E-state index contributed by atoms with van der Waals surface area (Å²) in [4.78, 5) is 2.04. The minimum absolute atomic E-state index is 0.119. The van der Waals surface area contributed by atoms with Crippen molar-refractivity contribution in [3.63, 3.8) is 0 Å². The normalized spacial score (nSPS) is 16.6. The van der Waals surface area contributed by atoms with Gasteiger partial charge in [-0.2, -0.15) is 13.2 Å². The van der Waals surface area contributed by atoms with E-state index in [1.165, 1.54) is 18.2 Å². The van der Waals surface area contributed by atoms with Crippen molar-refractivity contribution in [2.75, 3.05) is 25.1 Å². The molecule has 0 spiro atoms. The van der Waals surface area contributed by atoms with Gasteiger partial charge in [-0.1, -0.05) is 18.2 Å². The van der Waals surface area contributed by atoms with E-state index in [1.54, 1.807) is 19.2 Å². The second kappa shape index (κ2) is 6.50. The molecule has 3 aromatic rings. The fraction of sp³-hybridized carbons (Fsp3) is 0.333. The first kappa shape index (κ1) is 17.7. The molecule has 0 amide bonds. The monoisotopic (exact) mass is 379 g/mol. The van der Waals surface area contributed by atoms with Gasteiger partial charge in [0.15, 0.2) is 11.6 Å². The Kier molecular flexibility index (Phi) is 4.27. The number of methoxy groups -OCH3 is 1. The highest BCUT2D eigenvalue weighted by Gasteiger charge is 2.39. The van der Waals surface area contributed by atoms with Crippen LogP contribution in [-0.4, -0.2) is 47.9 Å². The van der Waals surface area contributed by atoms with Crippen LogP contribution in [0.15, 0.2) is 41.0 Å². The Morgan fingerprint density at radius 2 is 1.96 bits per heavy atom. The van der Waals surface area contributed by atoms with Crippen LogP contribution in [-0.2, 0) is 4.74 Å². The number of hydrogen-bond acceptors (Lipinski definition) is 6. The molecular weight excluding hydrogens is 363 g/mol. The first-order valence-electron chi connectivity index (χ1n) is 8.26. The fourth-order valence-electron chi connectivity index (χ4n) is 3.14. The molecule has 0 aliphatic carbocycles. The Labute approximate surface area is 152 Å². The number of rotatable bonds is 4. The molecule has 0 radical (unpaired) electrons. The summed E-state index contributed by atoms with van der Waals surface area (Å²) in [6.45, 7) is 1.35. The van der Waals surface area contributed by atoms with Gasteiger partial charge in [0.2, 0.25) is 0 Å². The number of hydrogen-bond donors (Lipinski definition) is 1. The van der Waals surface area contributed by atoms with E-state index < -0.39 is 12.3 Å². The van der Waals surface area contributed by atoms with Crippen molar-refractivity contribution in [2.45, 2.75) is 18.4 Å². The third kappa shape index (κ3) is 3.24. The van der Waals surface area contributed by atoms with E-state index in [9.17, 15) is 18.3 Å². The number of benzene rings is 2. The van der Waals surface area contributed by atoms with Gasteiger partial charge >= 0.3 is 6.18 Å². The molecular formula is C18H16F3N3O3. The smallest absolute Gasteiger partial charge is 0.379 e. The Morgan fingerprint density at radius 3 is 2.67 bits per heavy atom. The molecule has 6 nitrogen and oxygen atoms in total. The zero-order valence-corrected chi connectivity index (χ0v) is 14.3. The van der Waals surface area contributed by atoms with Crippen LogP contribution in [0.5, 0.6) is 0 Å². The van der Waals surface area contributed by atoms with E-state index in [2.05, 4.69) is 10.3 Å². The van der Waals surface area contributed by atoms with E-state index >= 15 is 0 Å². The van der Waals surface area contributed by atoms with Crippen molar-refractivity contribution in [1.29, 1.82) is 0 Å². The van der Waals surface area contributed by atoms with Gasteiger partial charge < -0.3 is 14.7 Å². The summed E-state index contributed by atoms with van der Waals surface area (Å²) < 4.78 is 48.6. The number of alkyl halides is 3. The topological polar surface area (TPSA) is 71.6 Å². The summed E-state index contributed by atoms with van der Waals surface area (Å²) in [6.07, 6.45) is -7.14. The second-order valence-electron chi connectivity index (χ2n) is 6.46. The maximum absolute atomic E-state index is 12.8. The van der Waals surface area contributed by atoms with E-state index in [1.807, 2.05) is 11.0 Å². The highest BCUT2D eigenvalue weighted by atomic mass is 19.4. The molecule has 1 aliphatic rings. The number of anilines is 1. The SMILES string of the molecule is COC1CN(c2cc(-c3cccc(C(O)C(F)(F)F)c3)cc3nonc23)C1. The molecule has 142 valence electrons. The lowest BCUT2D eigenvalue weighted by atomic mass is 9.98. The maximum atomic E-state index is 12.8. The molecule has 1 aliphatic heterocycles. The average molecular weight is 379 g/mol. The lowest BCUT2D eigenvalue weighted by molar-refractivity contribution is -0.206. The Morgan fingerprint density at radius 1 is 1.19 bits per heavy atom. The van der Waals surface area contributed by atoms with Gasteiger partial charge in [-0.05, 0) is 45.2 Å². The molecule has 27 heavy (non-hydrogen) atoms. The summed E-state index contributed by atoms with van der Waals surface area (Å²) in [5, 5.41) is 17.3. The fourth-order valence-corrected chi connectivity index (χ4v) is 3.14. The quantitative estimate of drug-likeness (QED) is 0.750. The van der Waals surface area contributed by atoms with E-state index in [0.29, 0.717) is 35.2 Å². The van der Waals surface area contributed by atoms with Crippen molar-refractivity contribution in [3.8, 4) is 11.1 Å². The largest absolute Gasteiger partial charge is 0.418 e. The lowest BCUT2D eigenvalue weighted by Crippen LogP contribution is -2.52. The van der Waals surface area contributed by atoms with Gasteiger partial charge in [-0.25, -0.2) is 4.63 Å². The van der Waals surface area contributed by atoms with Gasteiger partial charge in [-0.3, -0.25) is 0 Å². The highest BCUT2D eigenvalue weighted by Crippen LogP contribution is 2.37. The summed E-state index contributed by atoms with van der Waals surface area (Å²) >= 11 is 0. The minimum Gasteiger partial charge on any atom is -0.379 e. The number of aliphatic hydroxyl groups is 1. The number of ether oxygens (including phenoxy) is 1. The van der Waals surface area contributed by atoms with E-state index in [0.717, 1.165) is 5.69 Å². The summed E-state index contributed by atoms with van der Waals surface area (Å²) in [6, 6.07) is 9.26. The van der Waals surface area contributed by atoms with Crippen LogP contribution >= 0.6 is 0 Å². The standard InChI is InChI=1S/C18H16F3N3O3/c1-26-13-8-24(9-13)15-7-12(6-14-16(15)23-27-22-14)10-3-2-4-11(5-10)17(25)18(19,20)21/h2-7,13,17,25H,8-9H2,1H3. The van der Waals surface area contributed by atoms with Crippen molar-refractivity contribution in [2.24, 2.45) is 0 Å². The van der Waals surface area contributed by atoms with Crippen LogP contribution < -0.4 is 4.90 Å². The molecule has 0 bridgehead atoms. The van der Waals surface area contributed by atoms with Gasteiger partial charge in [0, 0.05) is 20.2 Å². The third-order valence-electron chi connectivity index (χ3n) is 4.71. The zero-order valence-electron chi connectivity index (χ0n) is 14.3. The van der Waals surface area contributed by atoms with Crippen LogP contribution in [0.4, 0.5) is 18.9 Å².